The standard InChI is InChI=1S/C16H22ClNO/c1-10-4-3-5-13(10)15(18-2)14-9-12(17)8-11-6-7-19-16(11)14/h8-10,13,15,18H,3-7H2,1-2H3. The molecule has 2 aliphatic rings. The Morgan fingerprint density at radius 1 is 1.37 bits per heavy atom. The van der Waals surface area contributed by atoms with Crippen molar-refractivity contribution in [2.75, 3.05) is 13.7 Å². The summed E-state index contributed by atoms with van der Waals surface area (Å²) in [5.74, 6) is 2.55. The minimum Gasteiger partial charge on any atom is -0.493 e. The Morgan fingerprint density at radius 2 is 2.21 bits per heavy atom. The van der Waals surface area contributed by atoms with Gasteiger partial charge in [0.15, 0.2) is 0 Å². The third-order valence-electron chi connectivity index (χ3n) is 4.78. The number of nitrogens with one attached hydrogen (secondary N) is 1. The molecule has 104 valence electrons. The number of fused-ring (bicyclic) bond motifs is 1. The Labute approximate surface area is 120 Å². The molecule has 3 atom stereocenters. The highest BCUT2D eigenvalue weighted by Crippen LogP contribution is 2.45. The molecule has 0 saturated heterocycles. The van der Waals surface area contributed by atoms with E-state index in [0.717, 1.165) is 29.7 Å². The monoisotopic (exact) mass is 279 g/mol. The van der Waals surface area contributed by atoms with Gasteiger partial charge in [0.05, 0.1) is 6.61 Å². The van der Waals surface area contributed by atoms with Crippen molar-refractivity contribution in [3.8, 4) is 5.75 Å². The molecule has 3 heteroatoms. The SMILES string of the molecule is CNC(c1cc(Cl)cc2c1OCC2)C1CCCC1C. The number of hydrogen-bond acceptors (Lipinski definition) is 2. The molecular weight excluding hydrogens is 258 g/mol. The van der Waals surface area contributed by atoms with Crippen molar-refractivity contribution >= 4 is 11.6 Å². The maximum atomic E-state index is 6.29. The van der Waals surface area contributed by atoms with Gasteiger partial charge < -0.3 is 10.1 Å². The second kappa shape index (κ2) is 5.34. The van der Waals surface area contributed by atoms with Crippen molar-refractivity contribution in [2.24, 2.45) is 11.8 Å². The molecule has 1 aliphatic heterocycles. The molecule has 1 aromatic rings. The lowest BCUT2D eigenvalue weighted by atomic mass is 9.85. The molecule has 0 bridgehead atoms. The zero-order chi connectivity index (χ0) is 13.4. The van der Waals surface area contributed by atoms with Gasteiger partial charge in [0.1, 0.15) is 5.75 Å². The summed E-state index contributed by atoms with van der Waals surface area (Å²) in [6, 6.07) is 4.51. The zero-order valence-corrected chi connectivity index (χ0v) is 12.5. The van der Waals surface area contributed by atoms with Gasteiger partial charge in [-0.3, -0.25) is 0 Å². The summed E-state index contributed by atoms with van der Waals surface area (Å²) < 4.78 is 5.86. The highest BCUT2D eigenvalue weighted by atomic mass is 35.5. The van der Waals surface area contributed by atoms with Gasteiger partial charge in [0, 0.05) is 23.0 Å². The summed E-state index contributed by atoms with van der Waals surface area (Å²) in [4.78, 5) is 0. The molecule has 2 nitrogen and oxygen atoms in total. The predicted molar refractivity (Wildman–Crippen MR) is 79.0 cm³/mol. The van der Waals surface area contributed by atoms with E-state index in [1.807, 2.05) is 0 Å². The summed E-state index contributed by atoms with van der Waals surface area (Å²) in [6.07, 6.45) is 4.97. The highest BCUT2D eigenvalue weighted by Gasteiger charge is 2.34. The molecule has 0 aromatic heterocycles. The Morgan fingerprint density at radius 3 is 2.89 bits per heavy atom. The number of halogens is 1. The molecular formula is C16H22ClNO. The number of benzene rings is 1. The fourth-order valence-electron chi connectivity index (χ4n) is 3.80. The van der Waals surface area contributed by atoms with E-state index in [0.29, 0.717) is 12.0 Å². The summed E-state index contributed by atoms with van der Waals surface area (Å²) in [6.45, 7) is 3.16. The lowest BCUT2D eigenvalue weighted by molar-refractivity contribution is 0.299. The van der Waals surface area contributed by atoms with E-state index in [1.54, 1.807) is 0 Å². The van der Waals surface area contributed by atoms with Gasteiger partial charge >= 0.3 is 0 Å². The van der Waals surface area contributed by atoms with Crippen LogP contribution in [0.1, 0.15) is 43.4 Å². The van der Waals surface area contributed by atoms with E-state index in [9.17, 15) is 0 Å². The third kappa shape index (κ3) is 2.36. The van der Waals surface area contributed by atoms with Crippen molar-refractivity contribution in [2.45, 2.75) is 38.6 Å². The number of ether oxygens (including phenoxy) is 1. The second-order valence-corrected chi connectivity index (χ2v) is 6.36. The van der Waals surface area contributed by atoms with Crippen LogP contribution < -0.4 is 10.1 Å². The molecule has 1 saturated carbocycles. The first-order chi connectivity index (χ1) is 9.20. The van der Waals surface area contributed by atoms with Crippen LogP contribution in [0.15, 0.2) is 12.1 Å². The minimum absolute atomic E-state index is 0.364. The first-order valence-electron chi connectivity index (χ1n) is 7.33. The first kappa shape index (κ1) is 13.3. The van der Waals surface area contributed by atoms with Crippen LogP contribution in [0.4, 0.5) is 0 Å². The van der Waals surface area contributed by atoms with Gasteiger partial charge in [-0.15, -0.1) is 0 Å². The zero-order valence-electron chi connectivity index (χ0n) is 11.7. The minimum atomic E-state index is 0.364. The van der Waals surface area contributed by atoms with Gasteiger partial charge in [-0.2, -0.15) is 0 Å². The van der Waals surface area contributed by atoms with E-state index < -0.39 is 0 Å². The largest absolute Gasteiger partial charge is 0.493 e. The Balaban J connectivity index is 1.99. The number of hydrogen-bond donors (Lipinski definition) is 1. The summed E-state index contributed by atoms with van der Waals surface area (Å²) in [5.41, 5.74) is 2.54. The van der Waals surface area contributed by atoms with Gasteiger partial charge in [0.25, 0.3) is 0 Å². The molecule has 3 unspecified atom stereocenters. The second-order valence-electron chi connectivity index (χ2n) is 5.92. The maximum absolute atomic E-state index is 6.29. The smallest absolute Gasteiger partial charge is 0.127 e. The molecule has 1 heterocycles. The third-order valence-corrected chi connectivity index (χ3v) is 5.00. The van der Waals surface area contributed by atoms with E-state index in [1.165, 1.54) is 30.4 Å². The molecule has 1 N–H and O–H groups in total. The highest BCUT2D eigenvalue weighted by molar-refractivity contribution is 6.30. The van der Waals surface area contributed by atoms with Crippen molar-refractivity contribution in [1.29, 1.82) is 0 Å². The summed E-state index contributed by atoms with van der Waals surface area (Å²) in [7, 11) is 2.05. The van der Waals surface area contributed by atoms with Crippen LogP contribution in [-0.4, -0.2) is 13.7 Å². The van der Waals surface area contributed by atoms with E-state index in [2.05, 4.69) is 31.4 Å². The van der Waals surface area contributed by atoms with Gasteiger partial charge in [-0.05, 0) is 43.0 Å². The van der Waals surface area contributed by atoms with E-state index in [-0.39, 0.29) is 0 Å². The summed E-state index contributed by atoms with van der Waals surface area (Å²) >= 11 is 6.29. The lowest BCUT2D eigenvalue weighted by Crippen LogP contribution is -2.27. The van der Waals surface area contributed by atoms with Crippen LogP contribution in [0.2, 0.25) is 5.02 Å². The molecule has 0 radical (unpaired) electrons. The first-order valence-corrected chi connectivity index (χ1v) is 7.71. The molecule has 3 rings (SSSR count). The molecule has 1 fully saturated rings. The van der Waals surface area contributed by atoms with Crippen LogP contribution in [0.25, 0.3) is 0 Å². The fraction of sp³-hybridized carbons (Fsp3) is 0.625. The van der Waals surface area contributed by atoms with Gasteiger partial charge in [-0.25, -0.2) is 0 Å². The summed E-state index contributed by atoms with van der Waals surface area (Å²) in [5, 5.41) is 4.35. The van der Waals surface area contributed by atoms with Crippen LogP contribution in [0.3, 0.4) is 0 Å². The van der Waals surface area contributed by atoms with Crippen molar-refractivity contribution < 1.29 is 4.74 Å². The molecule has 19 heavy (non-hydrogen) atoms. The quantitative estimate of drug-likeness (QED) is 0.904. The Hall–Kier alpha value is -0.730. The van der Waals surface area contributed by atoms with E-state index >= 15 is 0 Å². The Bertz CT molecular complexity index is 474. The van der Waals surface area contributed by atoms with E-state index in [4.69, 9.17) is 16.3 Å². The predicted octanol–water partition coefficient (Wildman–Crippen LogP) is 3.97. The Kier molecular flexibility index (Phi) is 3.72. The molecule has 0 amide bonds. The average Bonchev–Trinajstić information content (AvgIpc) is 2.99. The normalized spacial score (nSPS) is 27.1. The van der Waals surface area contributed by atoms with Crippen LogP contribution in [0.5, 0.6) is 5.75 Å². The van der Waals surface area contributed by atoms with Crippen LogP contribution in [0, 0.1) is 11.8 Å². The molecule has 1 aliphatic carbocycles. The van der Waals surface area contributed by atoms with Crippen LogP contribution >= 0.6 is 11.6 Å². The fourth-order valence-corrected chi connectivity index (χ4v) is 4.05. The average molecular weight is 280 g/mol. The van der Waals surface area contributed by atoms with Gasteiger partial charge in [-0.1, -0.05) is 31.4 Å². The van der Waals surface area contributed by atoms with Crippen molar-refractivity contribution in [3.05, 3.63) is 28.3 Å². The maximum Gasteiger partial charge on any atom is 0.127 e. The van der Waals surface area contributed by atoms with Crippen molar-refractivity contribution in [1.82, 2.24) is 5.32 Å². The van der Waals surface area contributed by atoms with Crippen molar-refractivity contribution in [3.63, 3.8) is 0 Å². The molecule has 0 spiro atoms. The van der Waals surface area contributed by atoms with Gasteiger partial charge in [0.2, 0.25) is 0 Å². The number of rotatable bonds is 3. The van der Waals surface area contributed by atoms with Crippen LogP contribution in [-0.2, 0) is 6.42 Å². The molecule has 1 aromatic carbocycles. The topological polar surface area (TPSA) is 21.3 Å². The lowest BCUT2D eigenvalue weighted by Gasteiger charge is -2.28.